The number of benzene rings is 3. The van der Waals surface area contributed by atoms with E-state index in [1.165, 1.54) is 11.8 Å². The highest BCUT2D eigenvalue weighted by molar-refractivity contribution is 7.99. The third-order valence-electron chi connectivity index (χ3n) is 5.46. The fourth-order valence-electron chi connectivity index (χ4n) is 3.85. The number of thioether (sulfide) groups is 1. The summed E-state index contributed by atoms with van der Waals surface area (Å²) in [6.07, 6.45) is 0. The maximum absolute atomic E-state index is 12.6. The van der Waals surface area contributed by atoms with Crippen LogP contribution in [0, 0.1) is 0 Å². The third-order valence-corrected chi connectivity index (χ3v) is 6.29. The van der Waals surface area contributed by atoms with Crippen molar-refractivity contribution in [2.45, 2.75) is 32.0 Å². The second-order valence-electron chi connectivity index (χ2n) is 8.15. The summed E-state index contributed by atoms with van der Waals surface area (Å²) in [4.78, 5) is 19.6. The van der Waals surface area contributed by atoms with Crippen LogP contribution in [0.2, 0.25) is 0 Å². The van der Waals surface area contributed by atoms with E-state index in [0.29, 0.717) is 17.0 Å². The van der Waals surface area contributed by atoms with Crippen LogP contribution >= 0.6 is 11.8 Å². The molecule has 0 spiro atoms. The van der Waals surface area contributed by atoms with Crippen molar-refractivity contribution in [3.63, 3.8) is 0 Å². The first-order valence-corrected chi connectivity index (χ1v) is 12.4. The normalized spacial score (nSPS) is 10.9. The maximum atomic E-state index is 12.6. The summed E-state index contributed by atoms with van der Waals surface area (Å²) in [6, 6.07) is 28.2. The van der Waals surface area contributed by atoms with E-state index in [4.69, 9.17) is 9.40 Å². The summed E-state index contributed by atoms with van der Waals surface area (Å²) >= 11 is 1.29. The van der Waals surface area contributed by atoms with Gasteiger partial charge in [0.25, 0.3) is 5.22 Å². The van der Waals surface area contributed by atoms with Crippen molar-refractivity contribution in [3.05, 3.63) is 84.9 Å². The van der Waals surface area contributed by atoms with Crippen LogP contribution in [0.15, 0.2) is 94.6 Å². The van der Waals surface area contributed by atoms with E-state index in [1.807, 2.05) is 84.9 Å². The molecular formula is C28H29N3O2S. The zero-order chi connectivity index (χ0) is 23.9. The summed E-state index contributed by atoms with van der Waals surface area (Å²) in [5.74, 6) is 0.809. The first-order chi connectivity index (χ1) is 16.5. The fourth-order valence-corrected chi connectivity index (χ4v) is 4.47. The van der Waals surface area contributed by atoms with Gasteiger partial charge >= 0.3 is 0 Å². The number of amides is 1. The van der Waals surface area contributed by atoms with E-state index in [-0.39, 0.29) is 11.7 Å². The van der Waals surface area contributed by atoms with E-state index >= 15 is 0 Å². The van der Waals surface area contributed by atoms with E-state index in [0.717, 1.165) is 34.7 Å². The van der Waals surface area contributed by atoms with Crippen LogP contribution in [0.3, 0.4) is 0 Å². The molecule has 3 aromatic carbocycles. The zero-order valence-electron chi connectivity index (χ0n) is 19.7. The minimum atomic E-state index is -0.102. The Hall–Kier alpha value is -3.51. The Morgan fingerprint density at radius 1 is 0.941 bits per heavy atom. The smallest absolute Gasteiger partial charge is 0.257 e. The van der Waals surface area contributed by atoms with Crippen molar-refractivity contribution in [2.24, 2.45) is 0 Å². The predicted octanol–water partition coefficient (Wildman–Crippen LogP) is 6.97. The molecule has 6 heteroatoms. The molecule has 174 valence electrons. The summed E-state index contributed by atoms with van der Waals surface area (Å²) in [6.45, 7) is 7.42. The van der Waals surface area contributed by atoms with Crippen LogP contribution in [0.25, 0.3) is 22.6 Å². The zero-order valence-corrected chi connectivity index (χ0v) is 20.5. The molecule has 0 fully saturated rings. The van der Waals surface area contributed by atoms with E-state index in [2.05, 4.69) is 31.0 Å². The Morgan fingerprint density at radius 3 is 2.15 bits per heavy atom. The number of rotatable bonds is 9. The molecule has 1 heterocycles. The lowest BCUT2D eigenvalue weighted by Crippen LogP contribution is -2.30. The van der Waals surface area contributed by atoms with Gasteiger partial charge in [0.05, 0.1) is 5.75 Å². The molecule has 5 nitrogen and oxygen atoms in total. The van der Waals surface area contributed by atoms with Gasteiger partial charge in [-0.1, -0.05) is 72.4 Å². The van der Waals surface area contributed by atoms with Gasteiger partial charge < -0.3 is 14.6 Å². The average Bonchev–Trinajstić information content (AvgIpc) is 3.30. The Morgan fingerprint density at radius 2 is 1.56 bits per heavy atom. The highest BCUT2D eigenvalue weighted by Crippen LogP contribution is 2.35. The largest absolute Gasteiger partial charge is 0.431 e. The minimum Gasteiger partial charge on any atom is -0.431 e. The summed E-state index contributed by atoms with van der Waals surface area (Å²) in [5.41, 5.74) is 4.62. The van der Waals surface area contributed by atoms with Gasteiger partial charge in [-0.15, -0.1) is 0 Å². The molecule has 0 saturated carbocycles. The predicted molar refractivity (Wildman–Crippen MR) is 141 cm³/mol. The van der Waals surface area contributed by atoms with Crippen LogP contribution in [0.1, 0.15) is 20.8 Å². The molecule has 0 bridgehead atoms. The topological polar surface area (TPSA) is 58.4 Å². The molecular weight excluding hydrogens is 442 g/mol. The van der Waals surface area contributed by atoms with Crippen molar-refractivity contribution in [2.75, 3.05) is 22.5 Å². The first kappa shape index (κ1) is 23.6. The van der Waals surface area contributed by atoms with Gasteiger partial charge in [-0.05, 0) is 45.0 Å². The molecule has 0 radical (unpaired) electrons. The number of nitrogens with one attached hydrogen (secondary N) is 1. The van der Waals surface area contributed by atoms with Gasteiger partial charge in [0.15, 0.2) is 5.76 Å². The van der Waals surface area contributed by atoms with E-state index < -0.39 is 0 Å². The quantitative estimate of drug-likeness (QED) is 0.267. The Kier molecular flexibility index (Phi) is 7.70. The number of hydrogen-bond donors (Lipinski definition) is 1. The Bertz CT molecular complexity index is 1150. The van der Waals surface area contributed by atoms with E-state index in [9.17, 15) is 4.79 Å². The van der Waals surface area contributed by atoms with Crippen LogP contribution in [-0.2, 0) is 4.79 Å². The molecule has 0 saturated heterocycles. The fraction of sp³-hybridized carbons (Fsp3) is 0.214. The van der Waals surface area contributed by atoms with Crippen molar-refractivity contribution in [1.29, 1.82) is 0 Å². The van der Waals surface area contributed by atoms with E-state index in [1.54, 1.807) is 0 Å². The lowest BCUT2D eigenvalue weighted by atomic mass is 10.1. The first-order valence-electron chi connectivity index (χ1n) is 11.5. The number of aromatic nitrogens is 1. The molecule has 0 aliphatic heterocycles. The van der Waals surface area contributed by atoms with Gasteiger partial charge in [-0.2, -0.15) is 0 Å². The number of nitrogens with zero attached hydrogens (tertiary/aromatic N) is 2. The van der Waals surface area contributed by atoms with Gasteiger partial charge in [-0.3, -0.25) is 4.79 Å². The lowest BCUT2D eigenvalue weighted by molar-refractivity contribution is -0.113. The average molecular weight is 472 g/mol. The lowest BCUT2D eigenvalue weighted by Gasteiger charge is -2.27. The van der Waals surface area contributed by atoms with Crippen LogP contribution < -0.4 is 10.2 Å². The van der Waals surface area contributed by atoms with Gasteiger partial charge in [0.2, 0.25) is 5.91 Å². The molecule has 1 N–H and O–H groups in total. The standard InChI is InChI=1S/C28H29N3O2S/c1-4-31(20(2)3)24-17-15-23(16-18-24)29-25(32)19-34-28-30-26(21-11-7-5-8-12-21)27(33-28)22-13-9-6-10-14-22/h5-18,20H,4,19H2,1-3H3,(H,29,32). The molecule has 34 heavy (non-hydrogen) atoms. The molecule has 0 unspecified atom stereocenters. The van der Waals surface area contributed by atoms with Crippen LogP contribution in [0.4, 0.5) is 11.4 Å². The molecule has 1 amide bonds. The Balaban J connectivity index is 1.44. The third kappa shape index (κ3) is 5.69. The van der Waals surface area contributed by atoms with Crippen LogP contribution in [-0.4, -0.2) is 29.2 Å². The van der Waals surface area contributed by atoms with Gasteiger partial charge in [0, 0.05) is 35.1 Å². The van der Waals surface area contributed by atoms with Crippen molar-refractivity contribution >= 4 is 29.0 Å². The molecule has 0 aliphatic rings. The molecule has 4 rings (SSSR count). The monoisotopic (exact) mass is 471 g/mol. The summed E-state index contributed by atoms with van der Waals surface area (Å²) < 4.78 is 6.10. The summed E-state index contributed by atoms with van der Waals surface area (Å²) in [7, 11) is 0. The Labute approximate surface area is 205 Å². The van der Waals surface area contributed by atoms with Gasteiger partial charge in [0.1, 0.15) is 5.69 Å². The highest BCUT2D eigenvalue weighted by atomic mass is 32.2. The molecule has 1 aromatic heterocycles. The highest BCUT2D eigenvalue weighted by Gasteiger charge is 2.18. The second-order valence-corrected chi connectivity index (χ2v) is 9.08. The minimum absolute atomic E-state index is 0.102. The van der Waals surface area contributed by atoms with Crippen molar-refractivity contribution < 1.29 is 9.21 Å². The maximum Gasteiger partial charge on any atom is 0.257 e. The summed E-state index contributed by atoms with van der Waals surface area (Å²) in [5, 5.41) is 3.43. The molecule has 4 aromatic rings. The van der Waals surface area contributed by atoms with Crippen LogP contribution in [0.5, 0.6) is 0 Å². The molecule has 0 atom stereocenters. The number of hydrogen-bond acceptors (Lipinski definition) is 5. The number of carbonyl (C=O) groups excluding carboxylic acids is 1. The molecule has 0 aliphatic carbocycles. The van der Waals surface area contributed by atoms with Gasteiger partial charge in [-0.25, -0.2) is 4.98 Å². The SMILES string of the molecule is CCN(c1ccc(NC(=O)CSc2nc(-c3ccccc3)c(-c3ccccc3)o2)cc1)C(C)C. The van der Waals surface area contributed by atoms with Crippen molar-refractivity contribution in [3.8, 4) is 22.6 Å². The number of anilines is 2. The number of oxazole rings is 1. The van der Waals surface area contributed by atoms with Crippen molar-refractivity contribution in [1.82, 2.24) is 4.98 Å². The number of carbonyl (C=O) groups is 1. The second kappa shape index (κ2) is 11.1.